The lowest BCUT2D eigenvalue weighted by Gasteiger charge is -2.30. The number of piperidine rings is 1. The van der Waals surface area contributed by atoms with Crippen LogP contribution in [0.2, 0.25) is 0 Å². The van der Waals surface area contributed by atoms with Gasteiger partial charge in [0.1, 0.15) is 0 Å². The number of hydrogen-bond donors (Lipinski definition) is 2. The number of amides is 3. The van der Waals surface area contributed by atoms with Crippen LogP contribution in [0.4, 0.5) is 0 Å². The zero-order valence-corrected chi connectivity index (χ0v) is 13.6. The molecule has 0 radical (unpaired) electrons. The summed E-state index contributed by atoms with van der Waals surface area (Å²) in [6.45, 7) is 0.953. The van der Waals surface area contributed by atoms with E-state index in [4.69, 9.17) is 4.42 Å². The Morgan fingerprint density at radius 1 is 0.960 bits per heavy atom. The number of hydrazine groups is 1. The number of furan rings is 1. The first-order valence-electron chi connectivity index (χ1n) is 8.13. The summed E-state index contributed by atoms with van der Waals surface area (Å²) >= 11 is 0. The lowest BCUT2D eigenvalue weighted by Crippen LogP contribution is -2.48. The molecule has 7 nitrogen and oxygen atoms in total. The van der Waals surface area contributed by atoms with Crippen LogP contribution in [-0.4, -0.2) is 35.7 Å². The van der Waals surface area contributed by atoms with E-state index < -0.39 is 0 Å². The van der Waals surface area contributed by atoms with Crippen molar-refractivity contribution in [2.24, 2.45) is 5.92 Å². The van der Waals surface area contributed by atoms with Gasteiger partial charge in [-0.15, -0.1) is 0 Å². The van der Waals surface area contributed by atoms with Crippen LogP contribution in [0.15, 0.2) is 53.1 Å². The van der Waals surface area contributed by atoms with Crippen molar-refractivity contribution in [3.63, 3.8) is 0 Å². The molecule has 2 heterocycles. The van der Waals surface area contributed by atoms with Crippen LogP contribution in [0.25, 0.3) is 0 Å². The Bertz CT molecular complexity index is 735. The fourth-order valence-corrected chi connectivity index (χ4v) is 2.78. The van der Waals surface area contributed by atoms with E-state index >= 15 is 0 Å². The van der Waals surface area contributed by atoms with Gasteiger partial charge in [-0.2, -0.15) is 0 Å². The first-order valence-corrected chi connectivity index (χ1v) is 8.13. The zero-order valence-electron chi connectivity index (χ0n) is 13.6. The normalized spacial score (nSPS) is 14.8. The number of hydrogen-bond acceptors (Lipinski definition) is 4. The maximum atomic E-state index is 12.2. The lowest BCUT2D eigenvalue weighted by molar-refractivity contribution is -0.127. The highest BCUT2D eigenvalue weighted by atomic mass is 16.3. The molecule has 1 aliphatic rings. The van der Waals surface area contributed by atoms with Crippen LogP contribution in [0.3, 0.4) is 0 Å². The van der Waals surface area contributed by atoms with Gasteiger partial charge in [0.25, 0.3) is 11.8 Å². The molecule has 0 spiro atoms. The predicted octanol–water partition coefficient (Wildman–Crippen LogP) is 1.59. The third kappa shape index (κ3) is 4.06. The minimum atomic E-state index is -0.362. The van der Waals surface area contributed by atoms with Gasteiger partial charge in [-0.05, 0) is 37.1 Å². The first kappa shape index (κ1) is 16.8. The fraction of sp³-hybridized carbons (Fsp3) is 0.278. The monoisotopic (exact) mass is 341 g/mol. The Morgan fingerprint density at radius 3 is 2.32 bits per heavy atom. The molecular formula is C18H19N3O4. The van der Waals surface area contributed by atoms with Crippen molar-refractivity contribution in [2.75, 3.05) is 13.1 Å². The first-order chi connectivity index (χ1) is 12.1. The van der Waals surface area contributed by atoms with Gasteiger partial charge in [-0.25, -0.2) is 0 Å². The molecule has 0 atom stereocenters. The Labute approximate surface area is 145 Å². The molecule has 130 valence electrons. The minimum absolute atomic E-state index is 0.166. The van der Waals surface area contributed by atoms with Crippen molar-refractivity contribution in [3.8, 4) is 0 Å². The van der Waals surface area contributed by atoms with Crippen LogP contribution >= 0.6 is 0 Å². The summed E-state index contributed by atoms with van der Waals surface area (Å²) in [7, 11) is 0. The van der Waals surface area contributed by atoms with Gasteiger partial charge in [0.15, 0.2) is 5.76 Å². The highest BCUT2D eigenvalue weighted by Gasteiger charge is 2.28. The summed E-state index contributed by atoms with van der Waals surface area (Å²) in [6.07, 6.45) is 2.54. The molecule has 1 saturated heterocycles. The molecular weight excluding hydrogens is 322 g/mol. The van der Waals surface area contributed by atoms with E-state index in [1.54, 1.807) is 41.3 Å². The van der Waals surface area contributed by atoms with Crippen molar-refractivity contribution in [3.05, 3.63) is 60.1 Å². The third-order valence-electron chi connectivity index (χ3n) is 4.22. The zero-order chi connectivity index (χ0) is 17.6. The summed E-state index contributed by atoms with van der Waals surface area (Å²) in [5.41, 5.74) is 5.35. The van der Waals surface area contributed by atoms with E-state index in [0.29, 0.717) is 37.3 Å². The van der Waals surface area contributed by atoms with Gasteiger partial charge in [0.05, 0.1) is 6.26 Å². The van der Waals surface area contributed by atoms with E-state index in [1.165, 1.54) is 6.26 Å². The van der Waals surface area contributed by atoms with Gasteiger partial charge in [0.2, 0.25) is 5.91 Å². The SMILES string of the molecule is O=C(NNC(=O)C1CCN(C(=O)c2ccco2)CC1)c1ccccc1. The van der Waals surface area contributed by atoms with Crippen LogP contribution in [0, 0.1) is 5.92 Å². The van der Waals surface area contributed by atoms with E-state index in [1.807, 2.05) is 6.07 Å². The van der Waals surface area contributed by atoms with E-state index in [-0.39, 0.29) is 23.6 Å². The highest BCUT2D eigenvalue weighted by Crippen LogP contribution is 2.19. The van der Waals surface area contributed by atoms with E-state index in [2.05, 4.69) is 10.9 Å². The van der Waals surface area contributed by atoms with Crippen molar-refractivity contribution >= 4 is 17.7 Å². The van der Waals surface area contributed by atoms with Gasteiger partial charge in [-0.1, -0.05) is 18.2 Å². The van der Waals surface area contributed by atoms with Crippen LogP contribution in [-0.2, 0) is 4.79 Å². The summed E-state index contributed by atoms with van der Waals surface area (Å²) < 4.78 is 5.11. The van der Waals surface area contributed by atoms with Crippen molar-refractivity contribution in [2.45, 2.75) is 12.8 Å². The second-order valence-electron chi connectivity index (χ2n) is 5.85. The molecule has 1 fully saturated rings. The molecule has 0 unspecified atom stereocenters. The maximum Gasteiger partial charge on any atom is 0.289 e. The van der Waals surface area contributed by atoms with Crippen molar-refractivity contribution < 1.29 is 18.8 Å². The maximum absolute atomic E-state index is 12.2. The van der Waals surface area contributed by atoms with Gasteiger partial charge >= 0.3 is 0 Å². The fourth-order valence-electron chi connectivity index (χ4n) is 2.78. The number of likely N-dealkylation sites (tertiary alicyclic amines) is 1. The lowest BCUT2D eigenvalue weighted by atomic mass is 9.96. The number of rotatable bonds is 3. The van der Waals surface area contributed by atoms with Gasteiger partial charge in [-0.3, -0.25) is 25.2 Å². The number of benzene rings is 1. The number of nitrogens with one attached hydrogen (secondary N) is 2. The second-order valence-corrected chi connectivity index (χ2v) is 5.85. The predicted molar refractivity (Wildman–Crippen MR) is 89.4 cm³/mol. The molecule has 2 N–H and O–H groups in total. The molecule has 1 aromatic carbocycles. The molecule has 0 saturated carbocycles. The highest BCUT2D eigenvalue weighted by molar-refractivity contribution is 5.95. The van der Waals surface area contributed by atoms with Gasteiger partial charge < -0.3 is 9.32 Å². The van der Waals surface area contributed by atoms with Gasteiger partial charge in [0, 0.05) is 24.6 Å². The Kier molecular flexibility index (Phi) is 5.13. The average molecular weight is 341 g/mol. The number of nitrogens with zero attached hydrogens (tertiary/aromatic N) is 1. The molecule has 1 aliphatic heterocycles. The molecule has 2 aromatic rings. The van der Waals surface area contributed by atoms with E-state index in [0.717, 1.165) is 0 Å². The Balaban J connectivity index is 1.45. The van der Waals surface area contributed by atoms with E-state index in [9.17, 15) is 14.4 Å². The summed E-state index contributed by atoms with van der Waals surface area (Å²) in [4.78, 5) is 38.0. The smallest absolute Gasteiger partial charge is 0.289 e. The number of carbonyl (C=O) groups is 3. The molecule has 1 aromatic heterocycles. The third-order valence-corrected chi connectivity index (χ3v) is 4.22. The standard InChI is InChI=1S/C18H19N3O4/c22-16(13-5-2-1-3-6-13)19-20-17(23)14-8-10-21(11-9-14)18(24)15-7-4-12-25-15/h1-7,12,14H,8-11H2,(H,19,22)(H,20,23). The quantitative estimate of drug-likeness (QED) is 0.830. The molecule has 7 heteroatoms. The Morgan fingerprint density at radius 2 is 1.68 bits per heavy atom. The largest absolute Gasteiger partial charge is 0.459 e. The summed E-state index contributed by atoms with van der Waals surface area (Å²) in [5, 5.41) is 0. The summed E-state index contributed by atoms with van der Waals surface area (Å²) in [5.74, 6) is -0.704. The van der Waals surface area contributed by atoms with Crippen LogP contribution in [0.1, 0.15) is 33.8 Å². The molecule has 0 bridgehead atoms. The van der Waals surface area contributed by atoms with Crippen molar-refractivity contribution in [1.29, 1.82) is 0 Å². The average Bonchev–Trinajstić information content (AvgIpc) is 3.21. The Hall–Kier alpha value is -3.09. The second kappa shape index (κ2) is 7.65. The molecule has 25 heavy (non-hydrogen) atoms. The van der Waals surface area contributed by atoms with Crippen LogP contribution in [0.5, 0.6) is 0 Å². The minimum Gasteiger partial charge on any atom is -0.459 e. The molecule has 3 rings (SSSR count). The summed E-state index contributed by atoms with van der Waals surface area (Å²) in [6, 6.07) is 11.9. The van der Waals surface area contributed by atoms with Crippen LogP contribution < -0.4 is 10.9 Å². The van der Waals surface area contributed by atoms with Crippen molar-refractivity contribution in [1.82, 2.24) is 15.8 Å². The topological polar surface area (TPSA) is 91.7 Å². The molecule has 3 amide bonds. The number of carbonyl (C=O) groups excluding carboxylic acids is 3. The molecule has 0 aliphatic carbocycles.